The van der Waals surface area contributed by atoms with Crippen LogP contribution in [0.15, 0.2) is 30.3 Å². The number of carbonyl (C=O) groups is 1. The topological polar surface area (TPSA) is 68.2 Å². The first-order chi connectivity index (χ1) is 11.8. The van der Waals surface area contributed by atoms with Crippen molar-refractivity contribution in [3.05, 3.63) is 35.9 Å². The Morgan fingerprint density at radius 1 is 1.08 bits per heavy atom. The third kappa shape index (κ3) is 7.29. The molecular weight excluding hydrogens is 310 g/mol. The van der Waals surface area contributed by atoms with E-state index in [1.807, 2.05) is 30.3 Å². The van der Waals surface area contributed by atoms with Gasteiger partial charge < -0.3 is 24.2 Å². The Balaban J connectivity index is 1.41. The highest BCUT2D eigenvalue weighted by atomic mass is 16.5. The highest BCUT2D eigenvalue weighted by molar-refractivity contribution is 5.65. The SMILES string of the molecule is O=C(O)N1CCCC(COCCOCCOCc2ccccc2)C1. The van der Waals surface area contributed by atoms with Crippen LogP contribution in [0.25, 0.3) is 0 Å². The van der Waals surface area contributed by atoms with Gasteiger partial charge in [0.15, 0.2) is 0 Å². The molecule has 1 atom stereocenters. The third-order valence-corrected chi connectivity index (χ3v) is 4.00. The Morgan fingerprint density at radius 3 is 2.54 bits per heavy atom. The molecule has 1 aromatic carbocycles. The average molecular weight is 337 g/mol. The van der Waals surface area contributed by atoms with Gasteiger partial charge in [-0.15, -0.1) is 0 Å². The predicted molar refractivity (Wildman–Crippen MR) is 90.1 cm³/mol. The summed E-state index contributed by atoms with van der Waals surface area (Å²) in [7, 11) is 0. The van der Waals surface area contributed by atoms with E-state index in [4.69, 9.17) is 19.3 Å². The van der Waals surface area contributed by atoms with Gasteiger partial charge in [0.05, 0.1) is 39.6 Å². The molecular formula is C18H27NO5. The van der Waals surface area contributed by atoms with Crippen LogP contribution in [0.5, 0.6) is 0 Å². The molecule has 0 saturated carbocycles. The van der Waals surface area contributed by atoms with Crippen molar-refractivity contribution in [3.63, 3.8) is 0 Å². The van der Waals surface area contributed by atoms with Crippen LogP contribution in [-0.2, 0) is 20.8 Å². The number of ether oxygens (including phenoxy) is 3. The van der Waals surface area contributed by atoms with Crippen molar-refractivity contribution < 1.29 is 24.1 Å². The maximum absolute atomic E-state index is 10.9. The van der Waals surface area contributed by atoms with Crippen LogP contribution in [-0.4, -0.2) is 62.2 Å². The number of nitrogens with zero attached hydrogens (tertiary/aromatic N) is 1. The Labute approximate surface area is 143 Å². The number of carboxylic acid groups (broad SMARTS) is 1. The van der Waals surface area contributed by atoms with Crippen molar-refractivity contribution >= 4 is 6.09 Å². The van der Waals surface area contributed by atoms with Crippen LogP contribution in [0.2, 0.25) is 0 Å². The molecule has 0 radical (unpaired) electrons. The molecule has 1 aromatic rings. The molecule has 1 unspecified atom stereocenters. The van der Waals surface area contributed by atoms with Crippen molar-refractivity contribution in [1.82, 2.24) is 4.90 Å². The summed E-state index contributed by atoms with van der Waals surface area (Å²) in [6.07, 6.45) is 1.10. The first-order valence-corrected chi connectivity index (χ1v) is 8.50. The third-order valence-electron chi connectivity index (χ3n) is 4.00. The molecule has 1 aliphatic heterocycles. The Hall–Kier alpha value is -1.63. The van der Waals surface area contributed by atoms with Crippen LogP contribution >= 0.6 is 0 Å². The van der Waals surface area contributed by atoms with Crippen molar-refractivity contribution in [2.75, 3.05) is 46.1 Å². The van der Waals surface area contributed by atoms with Gasteiger partial charge in [-0.05, 0) is 18.4 Å². The van der Waals surface area contributed by atoms with Crippen molar-refractivity contribution in [2.45, 2.75) is 19.4 Å². The zero-order valence-electron chi connectivity index (χ0n) is 14.1. The maximum Gasteiger partial charge on any atom is 0.407 e. The lowest BCUT2D eigenvalue weighted by atomic mass is 9.99. The largest absolute Gasteiger partial charge is 0.465 e. The number of amides is 1. The molecule has 1 N–H and O–H groups in total. The standard InChI is InChI=1S/C18H27NO5/c20-18(21)19-8-4-7-17(13-19)15-24-12-10-22-9-11-23-14-16-5-2-1-3-6-16/h1-3,5-6,17H,4,7-15H2,(H,20,21). The van der Waals surface area contributed by atoms with Crippen molar-refractivity contribution in [1.29, 1.82) is 0 Å². The van der Waals surface area contributed by atoms with Gasteiger partial charge in [0.2, 0.25) is 0 Å². The maximum atomic E-state index is 10.9. The smallest absolute Gasteiger partial charge is 0.407 e. The van der Waals surface area contributed by atoms with Gasteiger partial charge >= 0.3 is 6.09 Å². The monoisotopic (exact) mass is 337 g/mol. The van der Waals surface area contributed by atoms with Gasteiger partial charge in [0.25, 0.3) is 0 Å². The minimum atomic E-state index is -0.835. The molecule has 0 aliphatic carbocycles. The minimum Gasteiger partial charge on any atom is -0.465 e. The fourth-order valence-corrected chi connectivity index (χ4v) is 2.73. The molecule has 1 aliphatic rings. The number of hydrogen-bond donors (Lipinski definition) is 1. The summed E-state index contributed by atoms with van der Waals surface area (Å²) >= 11 is 0. The zero-order chi connectivity index (χ0) is 17.0. The van der Waals surface area contributed by atoms with Gasteiger partial charge in [0.1, 0.15) is 0 Å². The number of rotatable bonds is 10. The molecule has 24 heavy (non-hydrogen) atoms. The molecule has 1 saturated heterocycles. The van der Waals surface area contributed by atoms with Crippen LogP contribution in [0.1, 0.15) is 18.4 Å². The summed E-state index contributed by atoms with van der Waals surface area (Å²) in [4.78, 5) is 12.4. The van der Waals surface area contributed by atoms with E-state index >= 15 is 0 Å². The van der Waals surface area contributed by atoms with E-state index in [2.05, 4.69) is 0 Å². The molecule has 134 valence electrons. The van der Waals surface area contributed by atoms with Gasteiger partial charge in [-0.1, -0.05) is 30.3 Å². The van der Waals surface area contributed by atoms with E-state index < -0.39 is 6.09 Å². The second kappa shape index (κ2) is 11.0. The molecule has 1 heterocycles. The zero-order valence-corrected chi connectivity index (χ0v) is 14.1. The minimum absolute atomic E-state index is 0.295. The summed E-state index contributed by atoms with van der Waals surface area (Å²) in [6, 6.07) is 10.0. The first kappa shape index (κ1) is 18.7. The molecule has 6 nitrogen and oxygen atoms in total. The number of likely N-dealkylation sites (tertiary alicyclic amines) is 1. The Bertz CT molecular complexity index is 468. The molecule has 0 aromatic heterocycles. The van der Waals surface area contributed by atoms with Crippen molar-refractivity contribution in [2.24, 2.45) is 5.92 Å². The summed E-state index contributed by atoms with van der Waals surface area (Å²) < 4.78 is 16.6. The summed E-state index contributed by atoms with van der Waals surface area (Å²) in [6.45, 7) is 4.57. The Morgan fingerprint density at radius 2 is 1.79 bits per heavy atom. The quantitative estimate of drug-likeness (QED) is 0.665. The van der Waals surface area contributed by atoms with E-state index in [0.29, 0.717) is 58.6 Å². The van der Waals surface area contributed by atoms with Crippen molar-refractivity contribution in [3.8, 4) is 0 Å². The predicted octanol–water partition coefficient (Wildman–Crippen LogP) is 2.63. The normalized spacial score (nSPS) is 17.8. The van der Waals surface area contributed by atoms with Crippen LogP contribution in [0.3, 0.4) is 0 Å². The average Bonchev–Trinajstić information content (AvgIpc) is 2.61. The molecule has 1 fully saturated rings. The van der Waals surface area contributed by atoms with Crippen LogP contribution in [0, 0.1) is 5.92 Å². The van der Waals surface area contributed by atoms with Gasteiger partial charge in [0, 0.05) is 19.0 Å². The fraction of sp³-hybridized carbons (Fsp3) is 0.611. The van der Waals surface area contributed by atoms with Gasteiger partial charge in [-0.2, -0.15) is 0 Å². The van der Waals surface area contributed by atoms with E-state index in [1.165, 1.54) is 4.90 Å². The highest BCUT2D eigenvalue weighted by Gasteiger charge is 2.22. The highest BCUT2D eigenvalue weighted by Crippen LogP contribution is 2.16. The second-order valence-corrected chi connectivity index (χ2v) is 5.96. The van der Waals surface area contributed by atoms with E-state index in [-0.39, 0.29) is 0 Å². The Kier molecular flexibility index (Phi) is 8.59. The first-order valence-electron chi connectivity index (χ1n) is 8.50. The fourth-order valence-electron chi connectivity index (χ4n) is 2.73. The van der Waals surface area contributed by atoms with Gasteiger partial charge in [-0.3, -0.25) is 0 Å². The van der Waals surface area contributed by atoms with Crippen LogP contribution in [0.4, 0.5) is 4.79 Å². The molecule has 0 spiro atoms. The molecule has 2 rings (SSSR count). The van der Waals surface area contributed by atoms with Gasteiger partial charge in [-0.25, -0.2) is 4.79 Å². The number of benzene rings is 1. The number of piperidine rings is 1. The number of hydrogen-bond acceptors (Lipinski definition) is 4. The summed E-state index contributed by atoms with van der Waals surface area (Å²) in [5, 5.41) is 8.99. The lowest BCUT2D eigenvalue weighted by Crippen LogP contribution is -2.40. The molecule has 1 amide bonds. The molecule has 6 heteroatoms. The van der Waals surface area contributed by atoms with E-state index in [1.54, 1.807) is 0 Å². The lowest BCUT2D eigenvalue weighted by Gasteiger charge is -2.30. The summed E-state index contributed by atoms with van der Waals surface area (Å²) in [5.74, 6) is 0.295. The second-order valence-electron chi connectivity index (χ2n) is 5.96. The summed E-state index contributed by atoms with van der Waals surface area (Å²) in [5.41, 5.74) is 1.16. The van der Waals surface area contributed by atoms with E-state index in [9.17, 15) is 4.79 Å². The van der Waals surface area contributed by atoms with E-state index in [0.717, 1.165) is 18.4 Å². The lowest BCUT2D eigenvalue weighted by molar-refractivity contribution is -0.00197. The van der Waals surface area contributed by atoms with Crippen LogP contribution < -0.4 is 0 Å². The molecule has 0 bridgehead atoms.